The third-order valence-corrected chi connectivity index (χ3v) is 4.46. The second-order valence-corrected chi connectivity index (χ2v) is 7.27. The molecule has 0 radical (unpaired) electrons. The number of carbonyl (C=O) groups is 1. The predicted octanol–water partition coefficient (Wildman–Crippen LogP) is 2.41. The van der Waals surface area contributed by atoms with Gasteiger partial charge in [-0.1, -0.05) is 6.92 Å². The number of likely N-dealkylation sites (tertiary alicyclic amines) is 1. The Morgan fingerprint density at radius 3 is 2.50 bits per heavy atom. The van der Waals surface area contributed by atoms with Crippen LogP contribution in [0.25, 0.3) is 0 Å². The van der Waals surface area contributed by atoms with Crippen molar-refractivity contribution in [1.82, 2.24) is 20.0 Å². The third kappa shape index (κ3) is 3.69. The highest BCUT2D eigenvalue weighted by molar-refractivity contribution is 5.95. The van der Waals surface area contributed by atoms with Crippen LogP contribution in [0.5, 0.6) is 0 Å². The summed E-state index contributed by atoms with van der Waals surface area (Å²) in [5.41, 5.74) is 1.62. The zero-order valence-electron chi connectivity index (χ0n) is 14.6. The SMILES string of the molecule is CCNCC1CCN(C(=O)c2cnn(C(C)(C)C)c2C)CC1. The third-order valence-electron chi connectivity index (χ3n) is 4.46. The first-order valence-corrected chi connectivity index (χ1v) is 8.39. The number of carbonyl (C=O) groups excluding carboxylic acids is 1. The van der Waals surface area contributed by atoms with Gasteiger partial charge in [0.2, 0.25) is 0 Å². The van der Waals surface area contributed by atoms with E-state index in [-0.39, 0.29) is 11.4 Å². The lowest BCUT2D eigenvalue weighted by Crippen LogP contribution is -2.41. The number of hydrogen-bond donors (Lipinski definition) is 1. The maximum absolute atomic E-state index is 12.7. The Bertz CT molecular complexity index is 507. The summed E-state index contributed by atoms with van der Waals surface area (Å²) < 4.78 is 1.94. The Kier molecular flexibility index (Phi) is 5.27. The molecular formula is C17H30N4O. The second-order valence-electron chi connectivity index (χ2n) is 7.27. The van der Waals surface area contributed by atoms with E-state index in [4.69, 9.17) is 0 Å². The van der Waals surface area contributed by atoms with E-state index in [0.717, 1.165) is 50.3 Å². The number of amides is 1. The Morgan fingerprint density at radius 2 is 2.00 bits per heavy atom. The lowest BCUT2D eigenvalue weighted by atomic mass is 9.96. The average molecular weight is 306 g/mol. The molecule has 124 valence electrons. The monoisotopic (exact) mass is 306 g/mol. The molecule has 0 bridgehead atoms. The van der Waals surface area contributed by atoms with Gasteiger partial charge in [-0.05, 0) is 59.5 Å². The minimum atomic E-state index is -0.0958. The summed E-state index contributed by atoms with van der Waals surface area (Å²) in [7, 11) is 0. The Hall–Kier alpha value is -1.36. The molecule has 1 fully saturated rings. The van der Waals surface area contributed by atoms with Crippen molar-refractivity contribution in [3.63, 3.8) is 0 Å². The zero-order chi connectivity index (χ0) is 16.3. The molecule has 2 rings (SSSR count). The maximum atomic E-state index is 12.7. The minimum Gasteiger partial charge on any atom is -0.339 e. The largest absolute Gasteiger partial charge is 0.339 e. The fourth-order valence-electron chi connectivity index (χ4n) is 3.15. The molecule has 0 spiro atoms. The summed E-state index contributed by atoms with van der Waals surface area (Å²) in [4.78, 5) is 14.7. The van der Waals surface area contributed by atoms with Crippen molar-refractivity contribution in [1.29, 1.82) is 0 Å². The quantitative estimate of drug-likeness (QED) is 0.929. The first-order valence-electron chi connectivity index (χ1n) is 8.39. The van der Waals surface area contributed by atoms with Gasteiger partial charge in [-0.3, -0.25) is 9.48 Å². The highest BCUT2D eigenvalue weighted by Crippen LogP contribution is 2.22. The molecule has 0 aliphatic carbocycles. The molecule has 2 heterocycles. The van der Waals surface area contributed by atoms with Crippen molar-refractivity contribution in [2.45, 2.75) is 53.0 Å². The topological polar surface area (TPSA) is 50.2 Å². The van der Waals surface area contributed by atoms with Crippen LogP contribution in [0.2, 0.25) is 0 Å². The molecule has 0 aromatic carbocycles. The molecule has 22 heavy (non-hydrogen) atoms. The van der Waals surface area contributed by atoms with Crippen LogP contribution in [-0.4, -0.2) is 46.8 Å². The van der Waals surface area contributed by atoms with Gasteiger partial charge in [0, 0.05) is 18.8 Å². The molecule has 1 amide bonds. The van der Waals surface area contributed by atoms with E-state index in [9.17, 15) is 4.79 Å². The molecule has 5 heteroatoms. The normalized spacial score (nSPS) is 17.0. The summed E-state index contributed by atoms with van der Waals surface area (Å²) in [6, 6.07) is 0. The lowest BCUT2D eigenvalue weighted by Gasteiger charge is -2.32. The van der Waals surface area contributed by atoms with Crippen LogP contribution in [0.3, 0.4) is 0 Å². The summed E-state index contributed by atoms with van der Waals surface area (Å²) in [6.07, 6.45) is 3.91. The first-order chi connectivity index (χ1) is 10.3. The number of hydrogen-bond acceptors (Lipinski definition) is 3. The van der Waals surface area contributed by atoms with Crippen molar-refractivity contribution in [3.05, 3.63) is 17.5 Å². The molecular weight excluding hydrogens is 276 g/mol. The van der Waals surface area contributed by atoms with Crippen LogP contribution in [0.15, 0.2) is 6.20 Å². The number of nitrogens with one attached hydrogen (secondary N) is 1. The van der Waals surface area contributed by atoms with Crippen molar-refractivity contribution in [3.8, 4) is 0 Å². The van der Waals surface area contributed by atoms with Gasteiger partial charge >= 0.3 is 0 Å². The van der Waals surface area contributed by atoms with Gasteiger partial charge in [0.15, 0.2) is 0 Å². The molecule has 0 atom stereocenters. The molecule has 1 saturated heterocycles. The molecule has 0 unspecified atom stereocenters. The zero-order valence-corrected chi connectivity index (χ0v) is 14.6. The van der Waals surface area contributed by atoms with Crippen molar-refractivity contribution >= 4 is 5.91 Å². The van der Waals surface area contributed by atoms with Crippen LogP contribution >= 0.6 is 0 Å². The summed E-state index contributed by atoms with van der Waals surface area (Å²) in [5, 5.41) is 7.82. The van der Waals surface area contributed by atoms with Crippen LogP contribution in [0, 0.1) is 12.8 Å². The second kappa shape index (κ2) is 6.82. The van der Waals surface area contributed by atoms with Crippen molar-refractivity contribution in [2.24, 2.45) is 5.92 Å². The smallest absolute Gasteiger partial charge is 0.257 e. The Balaban J connectivity index is 2.00. The molecule has 5 nitrogen and oxygen atoms in total. The lowest BCUT2D eigenvalue weighted by molar-refractivity contribution is 0.0689. The van der Waals surface area contributed by atoms with Crippen LogP contribution < -0.4 is 5.32 Å². The summed E-state index contributed by atoms with van der Waals surface area (Å²) in [5.74, 6) is 0.831. The van der Waals surface area contributed by atoms with E-state index in [2.05, 4.69) is 38.1 Å². The summed E-state index contributed by atoms with van der Waals surface area (Å²) >= 11 is 0. The van der Waals surface area contributed by atoms with Crippen LogP contribution in [0.4, 0.5) is 0 Å². The highest BCUT2D eigenvalue weighted by Gasteiger charge is 2.27. The molecule has 1 aliphatic rings. The molecule has 1 aliphatic heterocycles. The van der Waals surface area contributed by atoms with Gasteiger partial charge in [0.1, 0.15) is 0 Å². The van der Waals surface area contributed by atoms with E-state index in [1.54, 1.807) is 6.20 Å². The maximum Gasteiger partial charge on any atom is 0.257 e. The fraction of sp³-hybridized carbons (Fsp3) is 0.765. The molecule has 1 aromatic rings. The highest BCUT2D eigenvalue weighted by atomic mass is 16.2. The summed E-state index contributed by atoms with van der Waals surface area (Å²) in [6.45, 7) is 14.2. The van der Waals surface area contributed by atoms with E-state index in [1.165, 1.54) is 0 Å². The average Bonchev–Trinajstić information content (AvgIpc) is 2.86. The molecule has 1 aromatic heterocycles. The van der Waals surface area contributed by atoms with Gasteiger partial charge in [-0.25, -0.2) is 0 Å². The van der Waals surface area contributed by atoms with E-state index in [0.29, 0.717) is 5.92 Å². The number of aromatic nitrogens is 2. The van der Waals surface area contributed by atoms with Gasteiger partial charge in [-0.2, -0.15) is 5.10 Å². The van der Waals surface area contributed by atoms with Gasteiger partial charge < -0.3 is 10.2 Å². The molecule has 0 saturated carbocycles. The van der Waals surface area contributed by atoms with Crippen molar-refractivity contribution < 1.29 is 4.79 Å². The molecule has 1 N–H and O–H groups in total. The van der Waals surface area contributed by atoms with E-state index in [1.807, 2.05) is 16.5 Å². The standard InChI is InChI=1S/C17H30N4O/c1-6-18-11-14-7-9-20(10-8-14)16(22)15-12-19-21(13(15)2)17(3,4)5/h12,14,18H,6-11H2,1-5H3. The minimum absolute atomic E-state index is 0.0958. The number of rotatable bonds is 4. The number of nitrogens with zero attached hydrogens (tertiary/aromatic N) is 3. The first kappa shape index (κ1) is 17.0. The number of piperidine rings is 1. The van der Waals surface area contributed by atoms with Crippen LogP contribution in [0.1, 0.15) is 56.6 Å². The van der Waals surface area contributed by atoms with Gasteiger partial charge in [-0.15, -0.1) is 0 Å². The fourth-order valence-corrected chi connectivity index (χ4v) is 3.15. The van der Waals surface area contributed by atoms with Crippen LogP contribution in [-0.2, 0) is 5.54 Å². The predicted molar refractivity (Wildman–Crippen MR) is 89.1 cm³/mol. The Labute approximate surface area is 134 Å². The van der Waals surface area contributed by atoms with Crippen molar-refractivity contribution in [2.75, 3.05) is 26.2 Å². The van der Waals surface area contributed by atoms with Gasteiger partial charge in [0.05, 0.1) is 17.3 Å². The Morgan fingerprint density at radius 1 is 1.36 bits per heavy atom. The van der Waals surface area contributed by atoms with Gasteiger partial charge in [0.25, 0.3) is 5.91 Å². The van der Waals surface area contributed by atoms with E-state index >= 15 is 0 Å². The van der Waals surface area contributed by atoms with E-state index < -0.39 is 0 Å².